The van der Waals surface area contributed by atoms with Gasteiger partial charge in [-0.25, -0.2) is 15.0 Å². The molecule has 0 bridgehead atoms. The van der Waals surface area contributed by atoms with Crippen molar-refractivity contribution in [2.75, 3.05) is 37.6 Å². The number of piperazine rings is 1. The van der Waals surface area contributed by atoms with Gasteiger partial charge in [-0.1, -0.05) is 30.3 Å². The van der Waals surface area contributed by atoms with E-state index in [4.69, 9.17) is 0 Å². The van der Waals surface area contributed by atoms with E-state index >= 15 is 0 Å². The zero-order valence-corrected chi connectivity index (χ0v) is 20.7. The van der Waals surface area contributed by atoms with Crippen molar-refractivity contribution in [3.63, 3.8) is 0 Å². The van der Waals surface area contributed by atoms with Crippen LogP contribution in [0.1, 0.15) is 29.8 Å². The number of benzene rings is 1. The lowest BCUT2D eigenvalue weighted by Gasteiger charge is -2.35. The van der Waals surface area contributed by atoms with Gasteiger partial charge in [-0.2, -0.15) is 13.2 Å². The van der Waals surface area contributed by atoms with Gasteiger partial charge in [0.15, 0.2) is 11.5 Å². The third kappa shape index (κ3) is 4.37. The second-order valence-corrected chi connectivity index (χ2v) is 10.3. The molecular formula is C26H27F3N6S. The first kappa shape index (κ1) is 23.4. The summed E-state index contributed by atoms with van der Waals surface area (Å²) in [7, 11) is 0. The van der Waals surface area contributed by atoms with Crippen molar-refractivity contribution in [1.82, 2.24) is 24.4 Å². The van der Waals surface area contributed by atoms with Crippen LogP contribution in [0.5, 0.6) is 0 Å². The molecule has 0 N–H and O–H groups in total. The average Bonchev–Trinajstić information content (AvgIpc) is 3.51. The Morgan fingerprint density at radius 1 is 0.944 bits per heavy atom. The molecule has 1 fully saturated rings. The number of rotatable bonds is 5. The molecule has 1 saturated heterocycles. The molecule has 0 radical (unpaired) electrons. The lowest BCUT2D eigenvalue weighted by molar-refractivity contribution is -0.140. The highest BCUT2D eigenvalue weighted by atomic mass is 32.1. The smallest absolute Gasteiger partial charge is 0.352 e. The van der Waals surface area contributed by atoms with Gasteiger partial charge in [0.05, 0.1) is 5.56 Å². The number of hydrogen-bond acceptors (Lipinski definition) is 6. The zero-order valence-electron chi connectivity index (χ0n) is 19.8. The summed E-state index contributed by atoms with van der Waals surface area (Å²) in [6.45, 7) is 5.44. The average molecular weight is 513 g/mol. The summed E-state index contributed by atoms with van der Waals surface area (Å²) in [6, 6.07) is 10.5. The van der Waals surface area contributed by atoms with Crippen molar-refractivity contribution in [2.24, 2.45) is 0 Å². The van der Waals surface area contributed by atoms with Crippen molar-refractivity contribution in [3.8, 4) is 10.6 Å². The summed E-state index contributed by atoms with van der Waals surface area (Å²) in [6.07, 6.45) is 0.965. The largest absolute Gasteiger partial charge is 0.434 e. The van der Waals surface area contributed by atoms with Gasteiger partial charge in [-0.15, -0.1) is 11.3 Å². The normalized spacial score (nSPS) is 17.0. The van der Waals surface area contributed by atoms with Crippen LogP contribution in [-0.4, -0.2) is 57.1 Å². The summed E-state index contributed by atoms with van der Waals surface area (Å²) in [5, 5.41) is 1.49. The van der Waals surface area contributed by atoms with Crippen LogP contribution in [0.15, 0.2) is 42.0 Å². The molecule has 2 aliphatic rings. The van der Waals surface area contributed by atoms with Crippen molar-refractivity contribution in [2.45, 2.75) is 38.4 Å². The molecule has 10 heteroatoms. The lowest BCUT2D eigenvalue weighted by Crippen LogP contribution is -2.47. The van der Waals surface area contributed by atoms with Crippen molar-refractivity contribution >= 4 is 28.2 Å². The highest BCUT2D eigenvalue weighted by molar-refractivity contribution is 7.13. The van der Waals surface area contributed by atoms with Gasteiger partial charge >= 0.3 is 6.18 Å². The van der Waals surface area contributed by atoms with E-state index in [-0.39, 0.29) is 0 Å². The molecule has 6 rings (SSSR count). The molecular weight excluding hydrogens is 485 g/mol. The van der Waals surface area contributed by atoms with Gasteiger partial charge in [-0.3, -0.25) is 4.90 Å². The Balaban J connectivity index is 1.29. The molecule has 3 aromatic heterocycles. The van der Waals surface area contributed by atoms with Crippen LogP contribution in [0.2, 0.25) is 0 Å². The second kappa shape index (κ2) is 9.48. The highest BCUT2D eigenvalue weighted by Crippen LogP contribution is 2.42. The topological polar surface area (TPSA) is 50.1 Å². The maximum Gasteiger partial charge on any atom is 0.434 e. The minimum absolute atomic E-state index is 0.387. The predicted octanol–water partition coefficient (Wildman–Crippen LogP) is 5.27. The Bertz CT molecular complexity index is 1360. The van der Waals surface area contributed by atoms with E-state index in [0.29, 0.717) is 10.5 Å². The third-order valence-corrected chi connectivity index (χ3v) is 8.07. The Morgan fingerprint density at radius 3 is 2.50 bits per heavy atom. The summed E-state index contributed by atoms with van der Waals surface area (Å²) < 4.78 is 42.1. The Kier molecular flexibility index (Phi) is 6.17. The quantitative estimate of drug-likeness (QED) is 0.365. The molecule has 6 nitrogen and oxygen atoms in total. The summed E-state index contributed by atoms with van der Waals surface area (Å²) in [5.74, 6) is 0.879. The van der Waals surface area contributed by atoms with Crippen LogP contribution < -0.4 is 4.90 Å². The molecule has 0 unspecified atom stereocenters. The van der Waals surface area contributed by atoms with Crippen molar-refractivity contribution in [3.05, 3.63) is 59.0 Å². The number of fused-ring (bicyclic) bond motifs is 3. The zero-order chi connectivity index (χ0) is 24.7. The van der Waals surface area contributed by atoms with Crippen LogP contribution in [0.4, 0.5) is 19.0 Å². The van der Waals surface area contributed by atoms with Crippen LogP contribution in [-0.2, 0) is 25.6 Å². The van der Waals surface area contributed by atoms with Gasteiger partial charge in [0.1, 0.15) is 22.4 Å². The van der Waals surface area contributed by atoms with E-state index in [2.05, 4.69) is 53.6 Å². The molecule has 1 aromatic carbocycles. The monoisotopic (exact) mass is 512 g/mol. The van der Waals surface area contributed by atoms with E-state index < -0.39 is 11.9 Å². The first-order chi connectivity index (χ1) is 17.5. The SMILES string of the molecule is FC(F)(F)c1csc(-c2c3n(c4c(N5CCN(CCc6ccccc6)CC5)ncnc24)CCCC3)n1. The number of aryl methyl sites for hydroxylation is 1. The van der Waals surface area contributed by atoms with E-state index in [9.17, 15) is 13.2 Å². The molecule has 0 amide bonds. The highest BCUT2D eigenvalue weighted by Gasteiger charge is 2.35. The molecule has 188 valence electrons. The molecule has 4 aromatic rings. The number of alkyl halides is 3. The first-order valence-corrected chi connectivity index (χ1v) is 13.3. The summed E-state index contributed by atoms with van der Waals surface area (Å²) in [4.78, 5) is 18.0. The maximum absolute atomic E-state index is 13.3. The van der Waals surface area contributed by atoms with E-state index in [0.717, 1.165) is 104 Å². The van der Waals surface area contributed by atoms with Crippen molar-refractivity contribution < 1.29 is 13.2 Å². The number of nitrogens with zero attached hydrogens (tertiary/aromatic N) is 6. The first-order valence-electron chi connectivity index (χ1n) is 12.4. The molecule has 5 heterocycles. The Morgan fingerprint density at radius 2 is 1.75 bits per heavy atom. The Hall–Kier alpha value is -2.98. The van der Waals surface area contributed by atoms with E-state index in [1.807, 2.05) is 6.07 Å². The van der Waals surface area contributed by atoms with E-state index in [1.54, 1.807) is 6.33 Å². The number of halogens is 3. The number of aromatic nitrogens is 4. The molecule has 2 aliphatic heterocycles. The molecule has 0 atom stereocenters. The van der Waals surface area contributed by atoms with Gasteiger partial charge in [0.2, 0.25) is 0 Å². The van der Waals surface area contributed by atoms with Crippen molar-refractivity contribution in [1.29, 1.82) is 0 Å². The fourth-order valence-electron chi connectivity index (χ4n) is 5.37. The van der Waals surface area contributed by atoms with Gasteiger partial charge in [0, 0.05) is 50.3 Å². The Labute approximate surface area is 211 Å². The van der Waals surface area contributed by atoms with Crippen LogP contribution >= 0.6 is 11.3 Å². The maximum atomic E-state index is 13.3. The van der Waals surface area contributed by atoms with Gasteiger partial charge in [0.25, 0.3) is 0 Å². The van der Waals surface area contributed by atoms with Crippen LogP contribution in [0, 0.1) is 0 Å². The van der Waals surface area contributed by atoms with Crippen LogP contribution in [0.25, 0.3) is 21.6 Å². The summed E-state index contributed by atoms with van der Waals surface area (Å²) >= 11 is 1.04. The van der Waals surface area contributed by atoms with E-state index in [1.165, 1.54) is 5.56 Å². The minimum Gasteiger partial charge on any atom is -0.352 e. The van der Waals surface area contributed by atoms with Crippen LogP contribution in [0.3, 0.4) is 0 Å². The second-order valence-electron chi connectivity index (χ2n) is 9.42. The molecule has 0 aliphatic carbocycles. The number of anilines is 1. The fraction of sp³-hybridized carbons (Fsp3) is 0.423. The number of hydrogen-bond donors (Lipinski definition) is 0. The summed E-state index contributed by atoms with van der Waals surface area (Å²) in [5.41, 5.74) is 3.93. The van der Waals surface area contributed by atoms with Gasteiger partial charge < -0.3 is 9.47 Å². The van der Waals surface area contributed by atoms with Gasteiger partial charge in [-0.05, 0) is 31.2 Å². The fourth-order valence-corrected chi connectivity index (χ4v) is 6.26. The molecule has 0 spiro atoms. The lowest BCUT2D eigenvalue weighted by atomic mass is 10.1. The number of thiazole rings is 1. The minimum atomic E-state index is -4.45. The molecule has 0 saturated carbocycles. The molecule has 36 heavy (non-hydrogen) atoms. The third-order valence-electron chi connectivity index (χ3n) is 7.21. The predicted molar refractivity (Wildman–Crippen MR) is 135 cm³/mol. The standard InChI is InChI=1S/C26H27F3N6S/c27-26(28,29)20-16-36-25(32-20)21-19-8-4-5-10-35(19)23-22(21)30-17-31-24(23)34-14-12-33(13-15-34)11-9-18-6-2-1-3-7-18/h1-3,6-7,16-17H,4-5,8-15H2.